The molecule has 114 valence electrons. The first kappa shape index (κ1) is 13.6. The minimum absolute atomic E-state index is 0.567. The van der Waals surface area contributed by atoms with Crippen molar-refractivity contribution in [3.63, 3.8) is 0 Å². The van der Waals surface area contributed by atoms with Crippen LogP contribution in [0.1, 0.15) is 5.56 Å². The fourth-order valence-corrected chi connectivity index (χ4v) is 2.76. The van der Waals surface area contributed by atoms with Gasteiger partial charge in [-0.2, -0.15) is 5.10 Å². The summed E-state index contributed by atoms with van der Waals surface area (Å²) in [6.45, 7) is 0.567. The van der Waals surface area contributed by atoms with E-state index in [1.54, 1.807) is 4.68 Å². The third-order valence-electron chi connectivity index (χ3n) is 3.90. The molecule has 23 heavy (non-hydrogen) atoms. The first-order valence-electron chi connectivity index (χ1n) is 7.57. The largest absolute Gasteiger partial charge is 0.488 e. The van der Waals surface area contributed by atoms with E-state index in [1.807, 2.05) is 49.8 Å². The van der Waals surface area contributed by atoms with Gasteiger partial charge in [0.05, 0.1) is 17.4 Å². The Labute approximate surface area is 134 Å². The van der Waals surface area contributed by atoms with Gasteiger partial charge in [0.15, 0.2) is 0 Å². The van der Waals surface area contributed by atoms with Crippen molar-refractivity contribution < 1.29 is 4.74 Å². The van der Waals surface area contributed by atoms with Gasteiger partial charge in [0.1, 0.15) is 12.4 Å². The number of rotatable bonds is 4. The van der Waals surface area contributed by atoms with Gasteiger partial charge in [-0.3, -0.25) is 4.68 Å². The average molecular weight is 303 g/mol. The number of nitrogens with zero attached hydrogens (tertiary/aromatic N) is 3. The summed E-state index contributed by atoms with van der Waals surface area (Å²) in [4.78, 5) is 0. The molecule has 0 spiro atoms. The van der Waals surface area contributed by atoms with Crippen LogP contribution in [0.4, 0.5) is 0 Å². The first-order chi connectivity index (χ1) is 11.3. The summed E-state index contributed by atoms with van der Waals surface area (Å²) in [7, 11) is 1.92. The SMILES string of the molecule is Cn1cc(-n2ccc3c(OCc4ccccc4)cccc32)cn1. The van der Waals surface area contributed by atoms with Crippen molar-refractivity contribution in [1.29, 1.82) is 0 Å². The second-order valence-electron chi connectivity index (χ2n) is 5.52. The normalized spacial score (nSPS) is 11.0. The van der Waals surface area contributed by atoms with E-state index in [4.69, 9.17) is 4.74 Å². The summed E-state index contributed by atoms with van der Waals surface area (Å²) in [6, 6.07) is 18.4. The van der Waals surface area contributed by atoms with Crippen LogP contribution in [0.5, 0.6) is 5.75 Å². The second-order valence-corrected chi connectivity index (χ2v) is 5.52. The van der Waals surface area contributed by atoms with E-state index in [-0.39, 0.29) is 0 Å². The third-order valence-corrected chi connectivity index (χ3v) is 3.90. The number of hydrogen-bond acceptors (Lipinski definition) is 2. The van der Waals surface area contributed by atoms with Crippen LogP contribution in [-0.4, -0.2) is 14.3 Å². The molecule has 2 aromatic heterocycles. The minimum atomic E-state index is 0.567. The van der Waals surface area contributed by atoms with E-state index >= 15 is 0 Å². The smallest absolute Gasteiger partial charge is 0.129 e. The first-order valence-corrected chi connectivity index (χ1v) is 7.57. The predicted molar refractivity (Wildman–Crippen MR) is 90.8 cm³/mol. The second kappa shape index (κ2) is 5.65. The zero-order chi connectivity index (χ0) is 15.6. The highest BCUT2D eigenvalue weighted by Crippen LogP contribution is 2.29. The molecule has 0 aliphatic rings. The molecule has 0 atom stereocenters. The zero-order valence-electron chi connectivity index (χ0n) is 12.9. The van der Waals surface area contributed by atoms with Gasteiger partial charge in [0.2, 0.25) is 0 Å². The Hall–Kier alpha value is -3.01. The molecule has 4 aromatic rings. The highest BCUT2D eigenvalue weighted by Gasteiger charge is 2.09. The monoisotopic (exact) mass is 303 g/mol. The third kappa shape index (κ3) is 2.59. The summed E-state index contributed by atoms with van der Waals surface area (Å²) in [6.07, 6.45) is 5.91. The molecule has 0 saturated carbocycles. The molecule has 0 saturated heterocycles. The molecule has 4 nitrogen and oxygen atoms in total. The lowest BCUT2D eigenvalue weighted by molar-refractivity contribution is 0.310. The Balaban J connectivity index is 1.67. The van der Waals surface area contributed by atoms with E-state index in [0.717, 1.165) is 27.9 Å². The maximum absolute atomic E-state index is 6.03. The van der Waals surface area contributed by atoms with Gasteiger partial charge in [-0.15, -0.1) is 0 Å². The van der Waals surface area contributed by atoms with Crippen molar-refractivity contribution in [2.75, 3.05) is 0 Å². The summed E-state index contributed by atoms with van der Waals surface area (Å²) < 4.78 is 9.95. The van der Waals surface area contributed by atoms with Gasteiger partial charge >= 0.3 is 0 Å². The fourth-order valence-electron chi connectivity index (χ4n) is 2.76. The number of aromatic nitrogens is 3. The maximum atomic E-state index is 6.03. The summed E-state index contributed by atoms with van der Waals surface area (Å²) in [5.41, 5.74) is 3.32. The molecule has 4 rings (SSSR count). The molecular weight excluding hydrogens is 286 g/mol. The van der Waals surface area contributed by atoms with E-state index in [9.17, 15) is 0 Å². The number of ether oxygens (including phenoxy) is 1. The molecular formula is C19H17N3O. The predicted octanol–water partition coefficient (Wildman–Crippen LogP) is 3.94. The van der Waals surface area contributed by atoms with Gasteiger partial charge in [-0.1, -0.05) is 36.4 Å². The quantitative estimate of drug-likeness (QED) is 0.572. The highest BCUT2D eigenvalue weighted by molar-refractivity contribution is 5.87. The van der Waals surface area contributed by atoms with Crippen LogP contribution in [-0.2, 0) is 13.7 Å². The van der Waals surface area contributed by atoms with Crippen molar-refractivity contribution in [3.05, 3.63) is 78.8 Å². The molecule has 2 aromatic carbocycles. The van der Waals surface area contributed by atoms with Gasteiger partial charge < -0.3 is 9.30 Å². The number of benzene rings is 2. The molecule has 0 aliphatic carbocycles. The highest BCUT2D eigenvalue weighted by atomic mass is 16.5. The Morgan fingerprint density at radius 3 is 2.65 bits per heavy atom. The molecule has 0 bridgehead atoms. The van der Waals surface area contributed by atoms with Gasteiger partial charge in [0, 0.05) is 24.8 Å². The summed E-state index contributed by atoms with van der Waals surface area (Å²) in [5.74, 6) is 0.897. The standard InChI is InChI=1S/C19H17N3O/c1-21-13-16(12-20-21)22-11-10-17-18(22)8-5-9-19(17)23-14-15-6-3-2-4-7-15/h2-13H,14H2,1H3. The zero-order valence-corrected chi connectivity index (χ0v) is 12.9. The van der Waals surface area contributed by atoms with Crippen LogP contribution >= 0.6 is 0 Å². The lowest BCUT2D eigenvalue weighted by atomic mass is 10.2. The van der Waals surface area contributed by atoms with Crippen LogP contribution in [0.15, 0.2) is 73.2 Å². The van der Waals surface area contributed by atoms with E-state index in [0.29, 0.717) is 6.61 Å². The van der Waals surface area contributed by atoms with Crippen LogP contribution < -0.4 is 4.74 Å². The van der Waals surface area contributed by atoms with Crippen LogP contribution in [0.2, 0.25) is 0 Å². The average Bonchev–Trinajstić information content (AvgIpc) is 3.20. The number of fused-ring (bicyclic) bond motifs is 1. The summed E-state index contributed by atoms with van der Waals surface area (Å²) in [5, 5.41) is 5.35. The Bertz CT molecular complexity index is 938. The van der Waals surface area contributed by atoms with E-state index in [1.165, 1.54) is 0 Å². The Morgan fingerprint density at radius 2 is 1.87 bits per heavy atom. The lowest BCUT2D eigenvalue weighted by Crippen LogP contribution is -1.96. The molecule has 4 heteroatoms. The lowest BCUT2D eigenvalue weighted by Gasteiger charge is -2.08. The topological polar surface area (TPSA) is 32.0 Å². The molecule has 0 radical (unpaired) electrons. The Morgan fingerprint density at radius 1 is 1.00 bits per heavy atom. The molecule has 0 fully saturated rings. The van der Waals surface area contributed by atoms with Crippen molar-refractivity contribution in [2.45, 2.75) is 6.61 Å². The van der Waals surface area contributed by atoms with Crippen molar-refractivity contribution >= 4 is 10.9 Å². The molecule has 0 unspecified atom stereocenters. The van der Waals surface area contributed by atoms with Crippen molar-refractivity contribution in [3.8, 4) is 11.4 Å². The molecule has 0 aliphatic heterocycles. The minimum Gasteiger partial charge on any atom is -0.488 e. The van der Waals surface area contributed by atoms with Crippen molar-refractivity contribution in [1.82, 2.24) is 14.3 Å². The van der Waals surface area contributed by atoms with Crippen LogP contribution in [0, 0.1) is 0 Å². The number of aryl methyl sites for hydroxylation is 1. The van der Waals surface area contributed by atoms with Crippen molar-refractivity contribution in [2.24, 2.45) is 7.05 Å². The molecule has 2 heterocycles. The van der Waals surface area contributed by atoms with Gasteiger partial charge in [-0.05, 0) is 23.8 Å². The van der Waals surface area contributed by atoms with Crippen LogP contribution in [0.3, 0.4) is 0 Å². The fraction of sp³-hybridized carbons (Fsp3) is 0.105. The number of hydrogen-bond donors (Lipinski definition) is 0. The van der Waals surface area contributed by atoms with Gasteiger partial charge in [-0.25, -0.2) is 0 Å². The maximum Gasteiger partial charge on any atom is 0.129 e. The molecule has 0 N–H and O–H groups in total. The van der Waals surface area contributed by atoms with Crippen LogP contribution in [0.25, 0.3) is 16.6 Å². The molecule has 0 amide bonds. The summed E-state index contributed by atoms with van der Waals surface area (Å²) >= 11 is 0. The van der Waals surface area contributed by atoms with E-state index < -0.39 is 0 Å². The van der Waals surface area contributed by atoms with Gasteiger partial charge in [0.25, 0.3) is 0 Å². The van der Waals surface area contributed by atoms with E-state index in [2.05, 4.69) is 40.1 Å². The Kier molecular flexibility index (Phi) is 3.35.